The smallest absolute Gasteiger partial charge is 0.239 e. The van der Waals surface area contributed by atoms with Gasteiger partial charge in [0.05, 0.1) is 12.1 Å². The molecule has 3 heteroatoms. The maximum absolute atomic E-state index is 13.2. The number of amides is 1. The Hall–Kier alpha value is -2.91. The SMILES string of the molecule is CC(NC(c1ccccc1)c1ccccc1)C(=O)N1CCc2ccccc2C1. The van der Waals surface area contributed by atoms with Gasteiger partial charge >= 0.3 is 0 Å². The first-order chi connectivity index (χ1) is 13.7. The first-order valence-corrected chi connectivity index (χ1v) is 9.94. The molecule has 0 bridgehead atoms. The molecule has 1 heterocycles. The molecule has 0 aliphatic carbocycles. The topological polar surface area (TPSA) is 32.3 Å². The van der Waals surface area contributed by atoms with E-state index in [1.54, 1.807) is 0 Å². The highest BCUT2D eigenvalue weighted by Gasteiger charge is 2.27. The van der Waals surface area contributed by atoms with Crippen LogP contribution in [0.2, 0.25) is 0 Å². The largest absolute Gasteiger partial charge is 0.337 e. The van der Waals surface area contributed by atoms with Crippen LogP contribution in [0.15, 0.2) is 84.9 Å². The van der Waals surface area contributed by atoms with Gasteiger partial charge in [-0.3, -0.25) is 10.1 Å². The molecular formula is C25H26N2O. The molecule has 0 radical (unpaired) electrons. The van der Waals surface area contributed by atoms with Crippen LogP contribution in [-0.2, 0) is 17.8 Å². The van der Waals surface area contributed by atoms with Gasteiger partial charge in [0, 0.05) is 13.1 Å². The zero-order valence-corrected chi connectivity index (χ0v) is 16.2. The lowest BCUT2D eigenvalue weighted by Crippen LogP contribution is -2.47. The van der Waals surface area contributed by atoms with Crippen LogP contribution < -0.4 is 5.32 Å². The van der Waals surface area contributed by atoms with Gasteiger partial charge in [-0.2, -0.15) is 0 Å². The van der Waals surface area contributed by atoms with Crippen LogP contribution in [0.5, 0.6) is 0 Å². The maximum atomic E-state index is 13.2. The van der Waals surface area contributed by atoms with Gasteiger partial charge in [0.2, 0.25) is 5.91 Å². The number of carbonyl (C=O) groups is 1. The minimum Gasteiger partial charge on any atom is -0.337 e. The molecule has 3 aromatic carbocycles. The summed E-state index contributed by atoms with van der Waals surface area (Å²) in [5, 5.41) is 3.58. The first kappa shape index (κ1) is 18.5. The Kier molecular flexibility index (Phi) is 5.54. The van der Waals surface area contributed by atoms with Gasteiger partial charge < -0.3 is 4.90 Å². The monoisotopic (exact) mass is 370 g/mol. The van der Waals surface area contributed by atoms with Crippen molar-refractivity contribution in [3.05, 3.63) is 107 Å². The summed E-state index contributed by atoms with van der Waals surface area (Å²) in [5.74, 6) is 0.159. The Morgan fingerprint density at radius 1 is 0.821 bits per heavy atom. The Labute approximate surface area is 167 Å². The molecule has 4 rings (SSSR count). The average molecular weight is 370 g/mol. The number of nitrogens with zero attached hydrogens (tertiary/aromatic N) is 1. The van der Waals surface area contributed by atoms with Crippen molar-refractivity contribution in [1.82, 2.24) is 10.2 Å². The Morgan fingerprint density at radius 2 is 1.36 bits per heavy atom. The number of nitrogens with one attached hydrogen (secondary N) is 1. The lowest BCUT2D eigenvalue weighted by molar-refractivity contribution is -0.134. The minimum absolute atomic E-state index is 0.0153. The average Bonchev–Trinajstić information content (AvgIpc) is 2.77. The maximum Gasteiger partial charge on any atom is 0.239 e. The van der Waals surface area contributed by atoms with E-state index in [0.29, 0.717) is 6.54 Å². The van der Waals surface area contributed by atoms with Crippen molar-refractivity contribution in [2.24, 2.45) is 0 Å². The van der Waals surface area contributed by atoms with Crippen molar-refractivity contribution >= 4 is 5.91 Å². The molecule has 1 N–H and O–H groups in total. The summed E-state index contributed by atoms with van der Waals surface area (Å²) in [6.07, 6.45) is 0.926. The number of carbonyl (C=O) groups excluding carboxylic acids is 1. The standard InChI is InChI=1S/C25H26N2O/c1-19(25(28)27-17-16-20-10-8-9-15-23(20)18-27)26-24(21-11-4-2-5-12-21)22-13-6-3-7-14-22/h2-15,19,24,26H,16-18H2,1H3. The van der Waals surface area contributed by atoms with Crippen LogP contribution in [0.25, 0.3) is 0 Å². The lowest BCUT2D eigenvalue weighted by atomic mass is 9.97. The predicted octanol–water partition coefficient (Wildman–Crippen LogP) is 4.34. The van der Waals surface area contributed by atoms with E-state index in [4.69, 9.17) is 0 Å². The van der Waals surface area contributed by atoms with Crippen molar-refractivity contribution in [1.29, 1.82) is 0 Å². The molecule has 0 saturated carbocycles. The van der Waals surface area contributed by atoms with Crippen molar-refractivity contribution < 1.29 is 4.79 Å². The van der Waals surface area contributed by atoms with E-state index < -0.39 is 0 Å². The molecule has 142 valence electrons. The van der Waals surface area contributed by atoms with Crippen LogP contribution in [-0.4, -0.2) is 23.4 Å². The highest BCUT2D eigenvalue weighted by atomic mass is 16.2. The lowest BCUT2D eigenvalue weighted by Gasteiger charge is -2.32. The van der Waals surface area contributed by atoms with Crippen molar-refractivity contribution in [2.75, 3.05) is 6.54 Å². The van der Waals surface area contributed by atoms with Gasteiger partial charge in [-0.15, -0.1) is 0 Å². The molecule has 3 aromatic rings. The van der Waals surface area contributed by atoms with Crippen LogP contribution in [0.4, 0.5) is 0 Å². The Balaban J connectivity index is 1.52. The summed E-state index contributed by atoms with van der Waals surface area (Å²) in [4.78, 5) is 15.1. The molecular weight excluding hydrogens is 344 g/mol. The third kappa shape index (κ3) is 4.00. The highest BCUT2D eigenvalue weighted by Crippen LogP contribution is 2.24. The predicted molar refractivity (Wildman–Crippen MR) is 113 cm³/mol. The van der Waals surface area contributed by atoms with Gasteiger partial charge in [-0.25, -0.2) is 0 Å². The fraction of sp³-hybridized carbons (Fsp3) is 0.240. The van der Waals surface area contributed by atoms with E-state index in [1.165, 1.54) is 11.1 Å². The second-order valence-electron chi connectivity index (χ2n) is 7.42. The van der Waals surface area contributed by atoms with E-state index >= 15 is 0 Å². The molecule has 0 spiro atoms. The van der Waals surface area contributed by atoms with Crippen LogP contribution >= 0.6 is 0 Å². The fourth-order valence-corrected chi connectivity index (χ4v) is 3.95. The Bertz CT molecular complexity index is 884. The number of rotatable bonds is 5. The van der Waals surface area contributed by atoms with Gasteiger partial charge in [0.25, 0.3) is 0 Å². The molecule has 1 unspecified atom stereocenters. The van der Waals surface area contributed by atoms with Crippen LogP contribution in [0.1, 0.15) is 35.2 Å². The fourth-order valence-electron chi connectivity index (χ4n) is 3.95. The number of benzene rings is 3. The van der Waals surface area contributed by atoms with Crippen molar-refractivity contribution in [3.63, 3.8) is 0 Å². The van der Waals surface area contributed by atoms with E-state index in [1.807, 2.05) is 48.2 Å². The Morgan fingerprint density at radius 3 is 1.96 bits per heavy atom. The first-order valence-electron chi connectivity index (χ1n) is 9.94. The zero-order chi connectivity index (χ0) is 19.3. The van der Waals surface area contributed by atoms with Crippen molar-refractivity contribution in [2.45, 2.75) is 32.0 Å². The normalized spacial score (nSPS) is 14.6. The molecule has 0 saturated heterocycles. The summed E-state index contributed by atoms with van der Waals surface area (Å²) in [7, 11) is 0. The molecule has 0 fully saturated rings. The third-order valence-electron chi connectivity index (χ3n) is 5.50. The van der Waals surface area contributed by atoms with E-state index in [2.05, 4.69) is 53.8 Å². The molecule has 1 atom stereocenters. The van der Waals surface area contributed by atoms with E-state index in [-0.39, 0.29) is 18.0 Å². The summed E-state index contributed by atoms with van der Waals surface area (Å²) in [5.41, 5.74) is 4.95. The van der Waals surface area contributed by atoms with Crippen LogP contribution in [0, 0.1) is 0 Å². The number of hydrogen-bond acceptors (Lipinski definition) is 2. The highest BCUT2D eigenvalue weighted by molar-refractivity contribution is 5.82. The number of hydrogen-bond donors (Lipinski definition) is 1. The third-order valence-corrected chi connectivity index (χ3v) is 5.50. The molecule has 1 aliphatic rings. The molecule has 1 aliphatic heterocycles. The molecule has 1 amide bonds. The quantitative estimate of drug-likeness (QED) is 0.725. The summed E-state index contributed by atoms with van der Waals surface area (Å²) < 4.78 is 0. The summed E-state index contributed by atoms with van der Waals surface area (Å²) in [6.45, 7) is 3.45. The van der Waals surface area contributed by atoms with Gasteiger partial charge in [-0.05, 0) is 35.6 Å². The van der Waals surface area contributed by atoms with Crippen molar-refractivity contribution in [3.8, 4) is 0 Å². The van der Waals surface area contributed by atoms with Gasteiger partial charge in [0.1, 0.15) is 0 Å². The summed E-state index contributed by atoms with van der Waals surface area (Å²) >= 11 is 0. The molecule has 3 nitrogen and oxygen atoms in total. The van der Waals surface area contributed by atoms with E-state index in [9.17, 15) is 4.79 Å². The summed E-state index contributed by atoms with van der Waals surface area (Å²) in [6, 6.07) is 28.8. The minimum atomic E-state index is -0.268. The van der Waals surface area contributed by atoms with E-state index in [0.717, 1.165) is 24.1 Å². The zero-order valence-electron chi connectivity index (χ0n) is 16.2. The second kappa shape index (κ2) is 8.41. The second-order valence-corrected chi connectivity index (χ2v) is 7.42. The molecule has 0 aromatic heterocycles. The van der Waals surface area contributed by atoms with Gasteiger partial charge in [0.15, 0.2) is 0 Å². The van der Waals surface area contributed by atoms with Gasteiger partial charge in [-0.1, -0.05) is 84.9 Å². The van der Waals surface area contributed by atoms with Crippen LogP contribution in [0.3, 0.4) is 0 Å². The molecule has 28 heavy (non-hydrogen) atoms. The number of fused-ring (bicyclic) bond motifs is 1.